The molecule has 28 heavy (non-hydrogen) atoms. The second-order valence-electron chi connectivity index (χ2n) is 7.02. The van der Waals surface area contributed by atoms with Gasteiger partial charge in [0.1, 0.15) is 5.52 Å². The first-order valence-electron chi connectivity index (χ1n) is 9.40. The molecule has 3 aromatic heterocycles. The Morgan fingerprint density at radius 3 is 2.82 bits per heavy atom. The molecule has 4 aromatic rings. The summed E-state index contributed by atoms with van der Waals surface area (Å²) in [5.74, 6) is 2.37. The van der Waals surface area contributed by atoms with Crippen LogP contribution in [0.1, 0.15) is 36.1 Å². The molecule has 3 heterocycles. The maximum atomic E-state index is 9.89. The standard InChI is InChI=1S/C20H21N7O/c28-12-16(13-5-2-1-3-6-13)21-19-17-7-4-10-27(17)26-20(23-19)22-18-11-15(24-25-18)14-8-9-14/h1-7,10-11,14,16,28H,8-9,12H2,(H3,21,22,23,24,25,26)/t16-/m1/s1. The van der Waals surface area contributed by atoms with Crippen molar-refractivity contribution >= 4 is 23.1 Å². The summed E-state index contributed by atoms with van der Waals surface area (Å²) >= 11 is 0. The van der Waals surface area contributed by atoms with Crippen molar-refractivity contribution in [3.8, 4) is 0 Å². The molecule has 1 fully saturated rings. The van der Waals surface area contributed by atoms with E-state index in [1.54, 1.807) is 4.52 Å². The first-order chi connectivity index (χ1) is 13.8. The van der Waals surface area contributed by atoms with Crippen LogP contribution in [-0.2, 0) is 0 Å². The van der Waals surface area contributed by atoms with Gasteiger partial charge in [0, 0.05) is 23.9 Å². The highest BCUT2D eigenvalue weighted by Crippen LogP contribution is 2.39. The number of hydrogen-bond donors (Lipinski definition) is 4. The van der Waals surface area contributed by atoms with E-state index in [0.29, 0.717) is 23.5 Å². The van der Waals surface area contributed by atoms with Gasteiger partial charge in [-0.05, 0) is 30.5 Å². The summed E-state index contributed by atoms with van der Waals surface area (Å²) in [6.07, 6.45) is 4.29. The Morgan fingerprint density at radius 2 is 2.04 bits per heavy atom. The first kappa shape index (κ1) is 16.8. The number of benzene rings is 1. The lowest BCUT2D eigenvalue weighted by molar-refractivity contribution is 0.276. The van der Waals surface area contributed by atoms with Gasteiger partial charge in [0.2, 0.25) is 5.95 Å². The van der Waals surface area contributed by atoms with Gasteiger partial charge in [0.15, 0.2) is 11.6 Å². The number of fused-ring (bicyclic) bond motifs is 1. The van der Waals surface area contributed by atoms with Crippen LogP contribution in [-0.4, -0.2) is 36.5 Å². The van der Waals surface area contributed by atoms with Gasteiger partial charge < -0.3 is 15.7 Å². The minimum Gasteiger partial charge on any atom is -0.394 e. The number of anilines is 3. The van der Waals surface area contributed by atoms with Crippen molar-refractivity contribution in [3.05, 3.63) is 66.0 Å². The molecule has 4 N–H and O–H groups in total. The van der Waals surface area contributed by atoms with E-state index in [-0.39, 0.29) is 12.6 Å². The Morgan fingerprint density at radius 1 is 1.18 bits per heavy atom. The molecule has 0 bridgehead atoms. The number of aromatic nitrogens is 5. The van der Waals surface area contributed by atoms with Crippen LogP contribution in [0, 0.1) is 0 Å². The van der Waals surface area contributed by atoms with Crippen LogP contribution in [0.4, 0.5) is 17.6 Å². The van der Waals surface area contributed by atoms with Crippen molar-refractivity contribution in [2.24, 2.45) is 0 Å². The van der Waals surface area contributed by atoms with E-state index in [0.717, 1.165) is 16.8 Å². The Hall–Kier alpha value is -3.39. The van der Waals surface area contributed by atoms with Crippen LogP contribution in [0.5, 0.6) is 0 Å². The predicted octanol–water partition coefficient (Wildman–Crippen LogP) is 3.22. The molecule has 0 saturated heterocycles. The van der Waals surface area contributed by atoms with Crippen LogP contribution < -0.4 is 10.6 Å². The van der Waals surface area contributed by atoms with E-state index >= 15 is 0 Å². The van der Waals surface area contributed by atoms with Gasteiger partial charge in [-0.1, -0.05) is 30.3 Å². The number of hydrogen-bond acceptors (Lipinski definition) is 6. The van der Waals surface area contributed by atoms with E-state index in [9.17, 15) is 5.11 Å². The highest BCUT2D eigenvalue weighted by atomic mass is 16.3. The first-order valence-corrected chi connectivity index (χ1v) is 9.40. The van der Waals surface area contributed by atoms with Crippen molar-refractivity contribution in [1.82, 2.24) is 24.8 Å². The molecule has 0 radical (unpaired) electrons. The van der Waals surface area contributed by atoms with Gasteiger partial charge in [-0.15, -0.1) is 5.10 Å². The van der Waals surface area contributed by atoms with Gasteiger partial charge in [-0.2, -0.15) is 10.1 Å². The van der Waals surface area contributed by atoms with Crippen molar-refractivity contribution in [2.75, 3.05) is 17.2 Å². The van der Waals surface area contributed by atoms with Crippen molar-refractivity contribution < 1.29 is 5.11 Å². The van der Waals surface area contributed by atoms with Crippen LogP contribution in [0.2, 0.25) is 0 Å². The Bertz CT molecular complexity index is 1080. The van der Waals surface area contributed by atoms with E-state index < -0.39 is 0 Å². The van der Waals surface area contributed by atoms with Gasteiger partial charge in [0.25, 0.3) is 0 Å². The fraction of sp³-hybridized carbons (Fsp3) is 0.250. The van der Waals surface area contributed by atoms with Crippen molar-refractivity contribution in [3.63, 3.8) is 0 Å². The molecule has 0 aliphatic heterocycles. The zero-order chi connectivity index (χ0) is 18.9. The fourth-order valence-electron chi connectivity index (χ4n) is 3.30. The maximum Gasteiger partial charge on any atom is 0.248 e. The van der Waals surface area contributed by atoms with Crippen LogP contribution in [0.3, 0.4) is 0 Å². The molecule has 142 valence electrons. The predicted molar refractivity (Wildman–Crippen MR) is 107 cm³/mol. The number of nitrogens with zero attached hydrogens (tertiary/aromatic N) is 4. The monoisotopic (exact) mass is 375 g/mol. The minimum absolute atomic E-state index is 0.0479. The molecule has 0 amide bonds. The van der Waals surface area contributed by atoms with Crippen LogP contribution in [0.15, 0.2) is 54.7 Å². The minimum atomic E-state index is -0.269. The number of nitrogens with one attached hydrogen (secondary N) is 3. The molecule has 8 heteroatoms. The number of H-pyrrole nitrogens is 1. The number of rotatable bonds is 7. The normalized spacial score (nSPS) is 14.9. The molecule has 8 nitrogen and oxygen atoms in total. The van der Waals surface area contributed by atoms with Gasteiger partial charge in [-0.3, -0.25) is 5.10 Å². The number of aromatic amines is 1. The molecule has 0 spiro atoms. The lowest BCUT2D eigenvalue weighted by Gasteiger charge is -2.18. The third kappa shape index (κ3) is 3.29. The van der Waals surface area contributed by atoms with Gasteiger partial charge >= 0.3 is 0 Å². The zero-order valence-electron chi connectivity index (χ0n) is 15.2. The number of aliphatic hydroxyl groups excluding tert-OH is 1. The van der Waals surface area contributed by atoms with E-state index in [1.807, 2.05) is 54.7 Å². The summed E-state index contributed by atoms with van der Waals surface area (Å²) < 4.78 is 1.76. The topological polar surface area (TPSA) is 103 Å². The lowest BCUT2D eigenvalue weighted by atomic mass is 10.1. The second-order valence-corrected chi connectivity index (χ2v) is 7.02. The highest BCUT2D eigenvalue weighted by Gasteiger charge is 2.25. The van der Waals surface area contributed by atoms with Crippen LogP contribution >= 0.6 is 0 Å². The van der Waals surface area contributed by atoms with Gasteiger partial charge in [0.05, 0.1) is 12.6 Å². The zero-order valence-corrected chi connectivity index (χ0v) is 15.2. The van der Waals surface area contributed by atoms with Crippen molar-refractivity contribution in [2.45, 2.75) is 24.8 Å². The fourth-order valence-corrected chi connectivity index (χ4v) is 3.30. The Labute approximate surface area is 161 Å². The van der Waals surface area contributed by atoms with E-state index in [1.165, 1.54) is 12.8 Å². The smallest absolute Gasteiger partial charge is 0.248 e. The molecule has 1 saturated carbocycles. The lowest BCUT2D eigenvalue weighted by Crippen LogP contribution is -2.17. The summed E-state index contributed by atoms with van der Waals surface area (Å²) in [5.41, 5.74) is 2.97. The van der Waals surface area contributed by atoms with Crippen molar-refractivity contribution in [1.29, 1.82) is 0 Å². The van der Waals surface area contributed by atoms with E-state index in [2.05, 4.69) is 30.9 Å². The average Bonchev–Trinajstić information content (AvgIpc) is 3.28. The third-order valence-corrected chi connectivity index (χ3v) is 4.94. The van der Waals surface area contributed by atoms with Crippen LogP contribution in [0.25, 0.3) is 5.52 Å². The summed E-state index contributed by atoms with van der Waals surface area (Å²) in [7, 11) is 0. The number of aliphatic hydroxyl groups is 1. The largest absolute Gasteiger partial charge is 0.394 e. The molecular weight excluding hydrogens is 354 g/mol. The molecule has 1 atom stereocenters. The highest BCUT2D eigenvalue weighted by molar-refractivity contribution is 5.70. The summed E-state index contributed by atoms with van der Waals surface area (Å²) in [5, 5.41) is 28.3. The molecule has 1 aliphatic rings. The Balaban J connectivity index is 1.44. The molecule has 0 unspecified atom stereocenters. The summed E-state index contributed by atoms with van der Waals surface area (Å²) in [4.78, 5) is 4.63. The molecular formula is C20H21N7O. The molecule has 5 rings (SSSR count). The SMILES string of the molecule is OC[C@@H](Nc1nc(Nc2cc(C3CC3)[nH]n2)nn2cccc12)c1ccccc1. The Kier molecular flexibility index (Phi) is 4.17. The second kappa shape index (κ2) is 6.97. The summed E-state index contributed by atoms with van der Waals surface area (Å²) in [6.45, 7) is -0.0479. The molecule has 1 aromatic carbocycles. The quantitative estimate of drug-likeness (QED) is 0.395. The summed E-state index contributed by atoms with van der Waals surface area (Å²) in [6, 6.07) is 15.4. The maximum absolute atomic E-state index is 9.89. The van der Waals surface area contributed by atoms with E-state index in [4.69, 9.17) is 0 Å². The van der Waals surface area contributed by atoms with Gasteiger partial charge in [-0.25, -0.2) is 4.52 Å². The average molecular weight is 375 g/mol. The third-order valence-electron chi connectivity index (χ3n) is 4.94. The molecule has 1 aliphatic carbocycles.